The summed E-state index contributed by atoms with van der Waals surface area (Å²) in [6.45, 7) is 0. The molecule has 0 aliphatic carbocycles. The SMILES string of the molecule is Br.CS(=O)(=O)Br. The van der Waals surface area contributed by atoms with Crippen molar-refractivity contribution < 1.29 is 8.42 Å². The van der Waals surface area contributed by atoms with E-state index in [0.717, 1.165) is 6.26 Å². The van der Waals surface area contributed by atoms with Crippen LogP contribution in [0.25, 0.3) is 0 Å². The first-order valence-electron chi connectivity index (χ1n) is 0.896. The van der Waals surface area contributed by atoms with Crippen LogP contribution in [0.2, 0.25) is 0 Å². The second-order valence-corrected chi connectivity index (χ2v) is 5.57. The van der Waals surface area contributed by atoms with Gasteiger partial charge in [0.25, 0.3) is 0 Å². The first-order valence-corrected chi connectivity index (χ1v) is 4.63. The first kappa shape index (κ1) is 10.0. The lowest BCUT2D eigenvalue weighted by Gasteiger charge is -1.66. The topological polar surface area (TPSA) is 34.1 Å². The summed E-state index contributed by atoms with van der Waals surface area (Å²) in [6, 6.07) is 0. The maximum Gasteiger partial charge on any atom is 0.206 e. The maximum absolute atomic E-state index is 9.55. The van der Waals surface area contributed by atoms with Gasteiger partial charge in [-0.15, -0.1) is 17.0 Å². The molecule has 5 heteroatoms. The quantitative estimate of drug-likeness (QED) is 0.590. The maximum atomic E-state index is 9.55. The fraction of sp³-hybridized carbons (Fsp3) is 1.00. The van der Waals surface area contributed by atoms with Crippen molar-refractivity contribution in [2.24, 2.45) is 0 Å². The summed E-state index contributed by atoms with van der Waals surface area (Å²) in [4.78, 5) is 0. The molecular formula is CH4Br2O2S. The van der Waals surface area contributed by atoms with Gasteiger partial charge in [0.05, 0.1) is 14.8 Å². The van der Waals surface area contributed by atoms with Crippen molar-refractivity contribution in [2.45, 2.75) is 0 Å². The van der Waals surface area contributed by atoms with E-state index in [9.17, 15) is 8.42 Å². The molecule has 0 aromatic heterocycles. The molecule has 0 aliphatic rings. The zero-order valence-electron chi connectivity index (χ0n) is 3.01. The van der Waals surface area contributed by atoms with E-state index in [0.29, 0.717) is 0 Å². The Bertz CT molecular complexity index is 94.7. The summed E-state index contributed by atoms with van der Waals surface area (Å²) in [7, 11) is -2.85. The van der Waals surface area contributed by atoms with Crippen LogP contribution in [0.4, 0.5) is 0 Å². The molecule has 0 amide bonds. The molecule has 40 valence electrons. The van der Waals surface area contributed by atoms with Gasteiger partial charge in [0.1, 0.15) is 0 Å². The molecule has 0 saturated heterocycles. The third kappa shape index (κ3) is 90.6. The predicted octanol–water partition coefficient (Wildman–Crippen LogP) is 0.919. The minimum absolute atomic E-state index is 0. The fourth-order valence-corrected chi connectivity index (χ4v) is 0. The zero-order chi connectivity index (χ0) is 4.50. The van der Waals surface area contributed by atoms with Gasteiger partial charge in [-0.25, -0.2) is 8.42 Å². The van der Waals surface area contributed by atoms with Gasteiger partial charge in [-0.05, 0) is 0 Å². The fourth-order valence-electron chi connectivity index (χ4n) is 0. The van der Waals surface area contributed by atoms with Gasteiger partial charge >= 0.3 is 0 Å². The highest BCUT2D eigenvalue weighted by Gasteiger charge is 1.83. The largest absolute Gasteiger partial charge is 0.217 e. The van der Waals surface area contributed by atoms with Crippen molar-refractivity contribution in [3.8, 4) is 0 Å². The van der Waals surface area contributed by atoms with Gasteiger partial charge in [0.15, 0.2) is 0 Å². The van der Waals surface area contributed by atoms with Crippen LogP contribution < -0.4 is 0 Å². The van der Waals surface area contributed by atoms with E-state index < -0.39 is 8.27 Å². The molecule has 2 nitrogen and oxygen atoms in total. The van der Waals surface area contributed by atoms with Crippen LogP contribution >= 0.6 is 31.8 Å². The van der Waals surface area contributed by atoms with E-state index in [4.69, 9.17) is 0 Å². The molecule has 0 radical (unpaired) electrons. The Labute approximate surface area is 54.8 Å². The van der Waals surface area contributed by atoms with E-state index in [1.165, 1.54) is 0 Å². The number of rotatable bonds is 0. The van der Waals surface area contributed by atoms with Gasteiger partial charge in [-0.1, -0.05) is 0 Å². The van der Waals surface area contributed by atoms with Gasteiger partial charge in [0, 0.05) is 6.26 Å². The van der Waals surface area contributed by atoms with Crippen molar-refractivity contribution in [1.82, 2.24) is 0 Å². The third-order valence-electron chi connectivity index (χ3n) is 0. The van der Waals surface area contributed by atoms with E-state index in [2.05, 4.69) is 14.8 Å². The monoisotopic (exact) mass is 238 g/mol. The van der Waals surface area contributed by atoms with Crippen LogP contribution in [0.5, 0.6) is 0 Å². The van der Waals surface area contributed by atoms with Crippen LogP contribution in [0, 0.1) is 0 Å². The summed E-state index contributed by atoms with van der Waals surface area (Å²) in [6.07, 6.45) is 1.08. The number of hydrogen-bond acceptors (Lipinski definition) is 2. The second kappa shape index (κ2) is 2.98. The van der Waals surface area contributed by atoms with Crippen molar-refractivity contribution in [1.29, 1.82) is 0 Å². The van der Waals surface area contributed by atoms with Gasteiger partial charge in [-0.3, -0.25) is 0 Å². The molecule has 0 fully saturated rings. The molecule has 0 bridgehead atoms. The summed E-state index contributed by atoms with van der Waals surface area (Å²) < 4.78 is 19.1. The molecule has 0 aromatic rings. The highest BCUT2D eigenvalue weighted by atomic mass is 79.9. The summed E-state index contributed by atoms with van der Waals surface area (Å²) >= 11 is 2.35. The number of halogens is 2. The minimum Gasteiger partial charge on any atom is -0.217 e. The van der Waals surface area contributed by atoms with E-state index in [1.54, 1.807) is 0 Å². The summed E-state index contributed by atoms with van der Waals surface area (Å²) in [5.74, 6) is 0. The van der Waals surface area contributed by atoms with Crippen LogP contribution in [-0.4, -0.2) is 14.7 Å². The normalized spacial score (nSPS) is 9.67. The van der Waals surface area contributed by atoms with Crippen molar-refractivity contribution in [2.75, 3.05) is 6.26 Å². The minimum atomic E-state index is -2.85. The average molecular weight is 240 g/mol. The van der Waals surface area contributed by atoms with Crippen molar-refractivity contribution in [3.63, 3.8) is 0 Å². The van der Waals surface area contributed by atoms with Crippen LogP contribution in [0.15, 0.2) is 0 Å². The third-order valence-corrected chi connectivity index (χ3v) is 0. The van der Waals surface area contributed by atoms with Crippen LogP contribution in [0.1, 0.15) is 0 Å². The Morgan fingerprint density at radius 3 is 1.50 bits per heavy atom. The Morgan fingerprint density at radius 2 is 1.50 bits per heavy atom. The van der Waals surface area contributed by atoms with Gasteiger partial charge in [-0.2, -0.15) is 0 Å². The van der Waals surface area contributed by atoms with Crippen molar-refractivity contribution >= 4 is 40.1 Å². The zero-order valence-corrected chi connectivity index (χ0v) is 7.13. The Morgan fingerprint density at radius 1 is 1.50 bits per heavy atom. The first-order chi connectivity index (χ1) is 2.00. The molecular weight excluding hydrogens is 236 g/mol. The molecule has 0 aliphatic heterocycles. The molecule has 0 atom stereocenters. The molecule has 0 N–H and O–H groups in total. The number of hydrogen-bond donors (Lipinski definition) is 0. The van der Waals surface area contributed by atoms with Gasteiger partial charge < -0.3 is 0 Å². The Hall–Kier alpha value is 0.910. The van der Waals surface area contributed by atoms with E-state index in [1.807, 2.05) is 0 Å². The van der Waals surface area contributed by atoms with E-state index in [-0.39, 0.29) is 17.0 Å². The lowest BCUT2D eigenvalue weighted by molar-refractivity contribution is 0.616. The Balaban J connectivity index is 0. The molecule has 0 aromatic carbocycles. The second-order valence-electron chi connectivity index (χ2n) is 0.682. The van der Waals surface area contributed by atoms with Crippen LogP contribution in [0.3, 0.4) is 0 Å². The lowest BCUT2D eigenvalue weighted by Crippen LogP contribution is -1.74. The smallest absolute Gasteiger partial charge is 0.206 e. The summed E-state index contributed by atoms with van der Waals surface area (Å²) in [5, 5.41) is 0. The molecule has 0 unspecified atom stereocenters. The molecule has 6 heavy (non-hydrogen) atoms. The van der Waals surface area contributed by atoms with E-state index >= 15 is 0 Å². The Kier molecular flexibility index (Phi) is 4.98. The molecule has 0 spiro atoms. The predicted molar refractivity (Wildman–Crippen MR) is 34.1 cm³/mol. The standard InChI is InChI=1S/CH3BrO2S.BrH/c1-5(2,3)4;/h1H3;1H. The lowest BCUT2D eigenvalue weighted by atomic mass is 12.0. The molecule has 0 saturated carbocycles. The highest BCUT2D eigenvalue weighted by molar-refractivity contribution is 9.47. The van der Waals surface area contributed by atoms with Gasteiger partial charge in [0.2, 0.25) is 8.27 Å². The highest BCUT2D eigenvalue weighted by Crippen LogP contribution is 1.89. The molecule has 0 heterocycles. The van der Waals surface area contributed by atoms with Crippen LogP contribution in [-0.2, 0) is 8.27 Å². The molecule has 0 rings (SSSR count). The average Bonchev–Trinajstić information content (AvgIpc) is 0.722. The summed E-state index contributed by atoms with van der Waals surface area (Å²) in [5.41, 5.74) is 0. The van der Waals surface area contributed by atoms with Crippen molar-refractivity contribution in [3.05, 3.63) is 0 Å².